The van der Waals surface area contributed by atoms with Crippen molar-refractivity contribution in [2.45, 2.75) is 13.8 Å². The van der Waals surface area contributed by atoms with Gasteiger partial charge >= 0.3 is 0 Å². The molecule has 1 aromatic rings. The molecule has 0 fully saturated rings. The standard InChI is InChI=1S/C11H12OSi/c1-3-9(2)13-11-7-5-4-6-10(11)8-12/h3-8H,1-2H3/b9-3+. The molecule has 1 nitrogen and oxygen atoms in total. The van der Waals surface area contributed by atoms with Crippen LogP contribution in [0.15, 0.2) is 35.5 Å². The molecule has 0 bridgehead atoms. The lowest BCUT2D eigenvalue weighted by Crippen LogP contribution is -2.19. The molecule has 1 aromatic carbocycles. The number of carbonyl (C=O) groups is 1. The highest BCUT2D eigenvalue weighted by Crippen LogP contribution is 1.95. The Bertz CT molecular complexity index is 329. The van der Waals surface area contributed by atoms with Gasteiger partial charge in [-0.25, -0.2) is 0 Å². The first-order valence-corrected chi connectivity index (χ1v) is 5.22. The maximum Gasteiger partial charge on any atom is 0.149 e. The predicted molar refractivity (Wildman–Crippen MR) is 56.6 cm³/mol. The van der Waals surface area contributed by atoms with E-state index in [-0.39, 0.29) is 0 Å². The Labute approximate surface area is 81.3 Å². The van der Waals surface area contributed by atoms with Crippen molar-refractivity contribution >= 4 is 21.0 Å². The molecule has 0 aliphatic carbocycles. The summed E-state index contributed by atoms with van der Waals surface area (Å²) in [5.74, 6) is 0. The Kier molecular flexibility index (Phi) is 3.64. The minimum absolute atomic E-state index is 0.614. The Hall–Kier alpha value is -1.15. The molecule has 0 atom stereocenters. The van der Waals surface area contributed by atoms with E-state index in [1.54, 1.807) is 0 Å². The molecular weight excluding hydrogens is 176 g/mol. The molecule has 0 spiro atoms. The topological polar surface area (TPSA) is 17.1 Å². The maximum atomic E-state index is 10.7. The highest BCUT2D eigenvalue weighted by Gasteiger charge is 2.01. The molecule has 0 N–H and O–H groups in total. The summed E-state index contributed by atoms with van der Waals surface area (Å²) in [5.41, 5.74) is 0.807. The van der Waals surface area contributed by atoms with Crippen LogP contribution < -0.4 is 5.19 Å². The number of hydrogen-bond acceptors (Lipinski definition) is 1. The second-order valence-corrected chi connectivity index (χ2v) is 4.38. The molecule has 0 amide bonds. The normalized spacial score (nSPS) is 11.4. The maximum absolute atomic E-state index is 10.7. The van der Waals surface area contributed by atoms with E-state index in [4.69, 9.17) is 0 Å². The van der Waals surface area contributed by atoms with Gasteiger partial charge in [-0.2, -0.15) is 0 Å². The third-order valence-electron chi connectivity index (χ3n) is 1.85. The van der Waals surface area contributed by atoms with Crippen molar-refractivity contribution in [2.24, 2.45) is 0 Å². The molecule has 0 aliphatic rings. The van der Waals surface area contributed by atoms with Crippen molar-refractivity contribution in [1.82, 2.24) is 0 Å². The van der Waals surface area contributed by atoms with E-state index in [2.05, 4.69) is 13.0 Å². The van der Waals surface area contributed by atoms with Crippen LogP contribution in [0.1, 0.15) is 24.2 Å². The lowest BCUT2D eigenvalue weighted by molar-refractivity contribution is 0.112. The van der Waals surface area contributed by atoms with Gasteiger partial charge in [0.15, 0.2) is 0 Å². The van der Waals surface area contributed by atoms with Crippen LogP contribution in [0.2, 0.25) is 0 Å². The van der Waals surface area contributed by atoms with Crippen molar-refractivity contribution in [3.05, 3.63) is 41.1 Å². The third-order valence-corrected chi connectivity index (χ3v) is 3.26. The zero-order valence-electron chi connectivity index (χ0n) is 7.87. The van der Waals surface area contributed by atoms with Gasteiger partial charge in [-0.3, -0.25) is 4.79 Å². The predicted octanol–water partition coefficient (Wildman–Crippen LogP) is 1.75. The first-order valence-electron chi connectivity index (χ1n) is 4.22. The van der Waals surface area contributed by atoms with E-state index in [9.17, 15) is 4.79 Å². The number of aldehydes is 1. The van der Waals surface area contributed by atoms with Crippen molar-refractivity contribution in [3.8, 4) is 0 Å². The lowest BCUT2D eigenvalue weighted by atomic mass is 10.2. The molecule has 13 heavy (non-hydrogen) atoms. The minimum atomic E-state index is 0.614. The van der Waals surface area contributed by atoms with Crippen LogP contribution in [-0.4, -0.2) is 15.8 Å². The van der Waals surface area contributed by atoms with Gasteiger partial charge in [0.2, 0.25) is 0 Å². The lowest BCUT2D eigenvalue weighted by Gasteiger charge is -2.02. The number of hydrogen-bond donors (Lipinski definition) is 0. The molecule has 0 saturated heterocycles. The molecule has 1 rings (SSSR count). The zero-order valence-corrected chi connectivity index (χ0v) is 8.87. The molecule has 2 radical (unpaired) electrons. The van der Waals surface area contributed by atoms with Gasteiger partial charge in [0.1, 0.15) is 15.8 Å². The molecule has 0 saturated carbocycles. The van der Waals surface area contributed by atoms with Gasteiger partial charge in [0.05, 0.1) is 0 Å². The summed E-state index contributed by atoms with van der Waals surface area (Å²) in [6.45, 7) is 4.10. The van der Waals surface area contributed by atoms with Crippen LogP contribution in [-0.2, 0) is 0 Å². The summed E-state index contributed by atoms with van der Waals surface area (Å²) in [5, 5.41) is 2.45. The number of benzene rings is 1. The van der Waals surface area contributed by atoms with Gasteiger partial charge in [0, 0.05) is 5.56 Å². The van der Waals surface area contributed by atoms with Gasteiger partial charge in [0.25, 0.3) is 0 Å². The fourth-order valence-electron chi connectivity index (χ4n) is 0.998. The second kappa shape index (κ2) is 4.77. The Morgan fingerprint density at radius 3 is 2.69 bits per heavy atom. The number of carbonyl (C=O) groups excluding carboxylic acids is 1. The van der Waals surface area contributed by atoms with Crippen molar-refractivity contribution in [3.63, 3.8) is 0 Å². The summed E-state index contributed by atoms with van der Waals surface area (Å²) in [7, 11) is 0.614. The van der Waals surface area contributed by atoms with Crippen LogP contribution in [0.25, 0.3) is 0 Å². The first kappa shape index (κ1) is 9.93. The quantitative estimate of drug-likeness (QED) is 0.522. The summed E-state index contributed by atoms with van der Waals surface area (Å²) in [6.07, 6.45) is 3.01. The number of rotatable bonds is 3. The fourth-order valence-corrected chi connectivity index (χ4v) is 2.03. The van der Waals surface area contributed by atoms with Crippen LogP contribution in [0, 0.1) is 0 Å². The van der Waals surface area contributed by atoms with Gasteiger partial charge in [-0.1, -0.05) is 35.5 Å². The molecule has 0 aromatic heterocycles. The summed E-state index contributed by atoms with van der Waals surface area (Å²) in [4.78, 5) is 10.7. The van der Waals surface area contributed by atoms with E-state index < -0.39 is 0 Å². The molecular formula is C11H12OSi. The van der Waals surface area contributed by atoms with Gasteiger partial charge in [-0.15, -0.1) is 0 Å². The third kappa shape index (κ3) is 2.67. The number of allylic oxidation sites excluding steroid dienone is 2. The van der Waals surface area contributed by atoms with E-state index >= 15 is 0 Å². The van der Waals surface area contributed by atoms with Gasteiger partial charge < -0.3 is 0 Å². The van der Waals surface area contributed by atoms with E-state index in [0.717, 1.165) is 17.0 Å². The zero-order chi connectivity index (χ0) is 9.68. The molecule has 0 aliphatic heterocycles. The van der Waals surface area contributed by atoms with E-state index in [1.807, 2.05) is 31.2 Å². The molecule has 0 heterocycles. The summed E-state index contributed by atoms with van der Waals surface area (Å²) in [6, 6.07) is 7.73. The van der Waals surface area contributed by atoms with E-state index in [1.165, 1.54) is 5.20 Å². The summed E-state index contributed by atoms with van der Waals surface area (Å²) >= 11 is 0. The molecule has 0 unspecified atom stereocenters. The minimum Gasteiger partial charge on any atom is -0.298 e. The Morgan fingerprint density at radius 2 is 2.08 bits per heavy atom. The largest absolute Gasteiger partial charge is 0.298 e. The second-order valence-electron chi connectivity index (χ2n) is 2.80. The van der Waals surface area contributed by atoms with Crippen molar-refractivity contribution < 1.29 is 4.79 Å². The SMILES string of the molecule is C/C=C(\C)[Si]c1ccccc1C=O. The van der Waals surface area contributed by atoms with Gasteiger partial charge in [-0.05, 0) is 19.0 Å². The van der Waals surface area contributed by atoms with Crippen LogP contribution in [0.4, 0.5) is 0 Å². The van der Waals surface area contributed by atoms with Crippen molar-refractivity contribution in [2.75, 3.05) is 0 Å². The van der Waals surface area contributed by atoms with Crippen molar-refractivity contribution in [1.29, 1.82) is 0 Å². The molecule has 2 heteroatoms. The Balaban J connectivity index is 2.93. The van der Waals surface area contributed by atoms with Crippen LogP contribution in [0.5, 0.6) is 0 Å². The Morgan fingerprint density at radius 1 is 1.38 bits per heavy atom. The highest BCUT2D eigenvalue weighted by atomic mass is 28.2. The van der Waals surface area contributed by atoms with Crippen LogP contribution >= 0.6 is 0 Å². The highest BCUT2D eigenvalue weighted by molar-refractivity contribution is 6.62. The fraction of sp³-hybridized carbons (Fsp3) is 0.182. The smallest absolute Gasteiger partial charge is 0.149 e. The average Bonchev–Trinajstić information content (AvgIpc) is 2.18. The summed E-state index contributed by atoms with van der Waals surface area (Å²) < 4.78 is 0. The average molecular weight is 188 g/mol. The first-order chi connectivity index (χ1) is 6.27. The van der Waals surface area contributed by atoms with E-state index in [0.29, 0.717) is 9.52 Å². The molecule has 66 valence electrons. The monoisotopic (exact) mass is 188 g/mol. The van der Waals surface area contributed by atoms with Crippen LogP contribution in [0.3, 0.4) is 0 Å².